The van der Waals surface area contributed by atoms with Crippen LogP contribution in [0, 0.1) is 0 Å². The molecule has 0 radical (unpaired) electrons. The highest BCUT2D eigenvalue weighted by molar-refractivity contribution is 7.26. The van der Waals surface area contributed by atoms with Crippen LogP contribution in [0.4, 0.5) is 0 Å². The van der Waals surface area contributed by atoms with E-state index in [9.17, 15) is 0 Å². The molecule has 7 rings (SSSR count). The lowest BCUT2D eigenvalue weighted by Gasteiger charge is -1.99. The summed E-state index contributed by atoms with van der Waals surface area (Å²) in [5.41, 5.74) is 3.59. The van der Waals surface area contributed by atoms with E-state index in [1.807, 2.05) is 36.1 Å². The molecule has 0 aliphatic carbocycles. The quantitative estimate of drug-likeness (QED) is 0.336. The largest absolute Gasteiger partial charge is 0.305 e. The monoisotopic (exact) mass is 349 g/mol. The predicted octanol–water partition coefficient (Wildman–Crippen LogP) is 5.99. The molecule has 26 heavy (non-hydrogen) atoms. The fourth-order valence-electron chi connectivity index (χ4n) is 4.51. The molecule has 5 heterocycles. The van der Waals surface area contributed by atoms with Gasteiger partial charge >= 0.3 is 0 Å². The number of hydrogen-bond donors (Lipinski definition) is 0. The van der Waals surface area contributed by atoms with E-state index in [2.05, 4.69) is 56.8 Å². The summed E-state index contributed by atoms with van der Waals surface area (Å²) in [6.45, 7) is 0. The first kappa shape index (κ1) is 13.0. The molecule has 2 aromatic carbocycles. The maximum Gasteiger partial charge on any atom is 0.0725 e. The molecule has 0 aliphatic rings. The fourth-order valence-corrected chi connectivity index (χ4v) is 5.67. The Bertz CT molecular complexity index is 1630. The molecule has 0 aliphatic heterocycles. The van der Waals surface area contributed by atoms with Crippen molar-refractivity contribution in [3.8, 4) is 0 Å². The van der Waals surface area contributed by atoms with Crippen molar-refractivity contribution in [2.45, 2.75) is 0 Å². The molecule has 0 N–H and O–H groups in total. The first-order chi connectivity index (χ1) is 12.9. The van der Waals surface area contributed by atoms with Crippen LogP contribution in [-0.2, 0) is 0 Å². The minimum Gasteiger partial charge on any atom is -0.305 e. The summed E-state index contributed by atoms with van der Waals surface area (Å²) in [5, 5.41) is 7.85. The second kappa shape index (κ2) is 4.29. The van der Waals surface area contributed by atoms with Crippen molar-refractivity contribution in [3.63, 3.8) is 0 Å². The van der Waals surface area contributed by atoms with Crippen molar-refractivity contribution in [2.24, 2.45) is 0 Å². The zero-order chi connectivity index (χ0) is 16.8. The van der Waals surface area contributed by atoms with Crippen LogP contribution < -0.4 is 0 Å². The van der Waals surface area contributed by atoms with Gasteiger partial charge in [-0.1, -0.05) is 18.2 Å². The second-order valence-electron chi connectivity index (χ2n) is 6.74. The fraction of sp³-hybridized carbons (Fsp3) is 0. The number of nitrogens with zero attached hydrogens (tertiary/aromatic N) is 3. The number of hydrogen-bond acceptors (Lipinski definition) is 3. The lowest BCUT2D eigenvalue weighted by Crippen LogP contribution is -1.81. The van der Waals surface area contributed by atoms with E-state index < -0.39 is 0 Å². The number of fused-ring (bicyclic) bond motifs is 10. The molecule has 0 unspecified atom stereocenters. The SMILES string of the molecule is c1ccc2c(c1)sc1cc3c4ccncc4n4c5cnccc5c(c12)c34. The number of rotatable bonds is 0. The molecular formula is C22H11N3S. The maximum absolute atomic E-state index is 4.40. The van der Waals surface area contributed by atoms with E-state index in [0.29, 0.717) is 0 Å². The summed E-state index contributed by atoms with van der Waals surface area (Å²) in [5.74, 6) is 0. The van der Waals surface area contributed by atoms with Crippen molar-refractivity contribution in [1.29, 1.82) is 0 Å². The number of benzene rings is 2. The van der Waals surface area contributed by atoms with E-state index in [4.69, 9.17) is 0 Å². The van der Waals surface area contributed by atoms with Crippen molar-refractivity contribution >= 4 is 69.6 Å². The topological polar surface area (TPSA) is 30.2 Å². The highest BCUT2D eigenvalue weighted by Crippen LogP contribution is 2.46. The Hall–Kier alpha value is -3.24. The predicted molar refractivity (Wildman–Crippen MR) is 110 cm³/mol. The zero-order valence-electron chi connectivity index (χ0n) is 13.6. The Morgan fingerprint density at radius 3 is 2.35 bits per heavy atom. The van der Waals surface area contributed by atoms with E-state index in [1.165, 1.54) is 47.2 Å². The normalized spacial score (nSPS) is 12.6. The minimum absolute atomic E-state index is 1.15. The number of thiophene rings is 1. The van der Waals surface area contributed by atoms with Gasteiger partial charge in [0, 0.05) is 54.1 Å². The van der Waals surface area contributed by atoms with E-state index >= 15 is 0 Å². The van der Waals surface area contributed by atoms with Crippen LogP contribution >= 0.6 is 11.3 Å². The molecule has 0 saturated heterocycles. The Morgan fingerprint density at radius 1 is 0.692 bits per heavy atom. The van der Waals surface area contributed by atoms with Crippen LogP contribution in [0.3, 0.4) is 0 Å². The Labute approximate surface area is 151 Å². The number of aromatic nitrogens is 3. The average molecular weight is 349 g/mol. The minimum atomic E-state index is 1.15. The standard InChI is InChI=1S/C22H11N3S/c1-2-4-18-14(3-1)20-19(26-18)9-15-12-5-7-23-10-16(12)25-17-11-24-8-6-13(17)21(20)22(15)25/h1-11H. The third-order valence-corrected chi connectivity index (χ3v) is 6.62. The van der Waals surface area contributed by atoms with Gasteiger partial charge in [-0.2, -0.15) is 0 Å². The molecule has 3 nitrogen and oxygen atoms in total. The summed E-state index contributed by atoms with van der Waals surface area (Å²) < 4.78 is 5.02. The Morgan fingerprint density at radius 2 is 1.46 bits per heavy atom. The van der Waals surface area contributed by atoms with Gasteiger partial charge < -0.3 is 4.40 Å². The first-order valence-electron chi connectivity index (χ1n) is 8.59. The van der Waals surface area contributed by atoms with Gasteiger partial charge in [-0.25, -0.2) is 0 Å². The van der Waals surface area contributed by atoms with Crippen LogP contribution in [0.5, 0.6) is 0 Å². The van der Waals surface area contributed by atoms with Gasteiger partial charge in [0.2, 0.25) is 0 Å². The Kier molecular flexibility index (Phi) is 2.15. The van der Waals surface area contributed by atoms with Crippen LogP contribution in [0.15, 0.2) is 67.3 Å². The maximum atomic E-state index is 4.40. The van der Waals surface area contributed by atoms with Crippen molar-refractivity contribution in [1.82, 2.24) is 14.4 Å². The van der Waals surface area contributed by atoms with Crippen molar-refractivity contribution < 1.29 is 0 Å². The van der Waals surface area contributed by atoms with Crippen LogP contribution in [-0.4, -0.2) is 14.4 Å². The Balaban J connectivity index is 1.98. The molecule has 7 aromatic rings. The molecule has 4 heteroatoms. The number of pyridine rings is 2. The van der Waals surface area contributed by atoms with Gasteiger partial charge in [0.15, 0.2) is 0 Å². The van der Waals surface area contributed by atoms with Gasteiger partial charge in [0.25, 0.3) is 0 Å². The molecule has 120 valence electrons. The second-order valence-corrected chi connectivity index (χ2v) is 7.82. The third kappa shape index (κ3) is 1.34. The van der Waals surface area contributed by atoms with Gasteiger partial charge in [-0.05, 0) is 24.3 Å². The molecular weight excluding hydrogens is 338 g/mol. The van der Waals surface area contributed by atoms with Crippen LogP contribution in [0.1, 0.15) is 0 Å². The highest BCUT2D eigenvalue weighted by Gasteiger charge is 2.21. The van der Waals surface area contributed by atoms with Gasteiger partial charge in [-0.3, -0.25) is 9.97 Å². The summed E-state index contributed by atoms with van der Waals surface area (Å²) in [4.78, 5) is 8.79. The van der Waals surface area contributed by atoms with Gasteiger partial charge in [0.05, 0.1) is 28.9 Å². The van der Waals surface area contributed by atoms with Gasteiger partial charge in [-0.15, -0.1) is 11.3 Å². The molecule has 0 spiro atoms. The lowest BCUT2D eigenvalue weighted by atomic mass is 10.0. The van der Waals surface area contributed by atoms with E-state index in [-0.39, 0.29) is 0 Å². The lowest BCUT2D eigenvalue weighted by molar-refractivity contribution is 1.27. The molecule has 5 aromatic heterocycles. The van der Waals surface area contributed by atoms with E-state index in [0.717, 1.165) is 11.0 Å². The van der Waals surface area contributed by atoms with Gasteiger partial charge in [0.1, 0.15) is 0 Å². The average Bonchev–Trinajstić information content (AvgIpc) is 3.33. The smallest absolute Gasteiger partial charge is 0.0725 e. The summed E-state index contributed by atoms with van der Waals surface area (Å²) >= 11 is 1.88. The first-order valence-corrected chi connectivity index (χ1v) is 9.40. The molecule has 0 bridgehead atoms. The van der Waals surface area contributed by atoms with Crippen molar-refractivity contribution in [3.05, 3.63) is 67.3 Å². The summed E-state index contributed by atoms with van der Waals surface area (Å²) in [6.07, 6.45) is 7.71. The zero-order valence-corrected chi connectivity index (χ0v) is 14.4. The third-order valence-electron chi connectivity index (χ3n) is 5.51. The molecule has 0 amide bonds. The van der Waals surface area contributed by atoms with Crippen molar-refractivity contribution in [2.75, 3.05) is 0 Å². The molecule has 0 atom stereocenters. The molecule has 0 fully saturated rings. The summed E-state index contributed by atoms with van der Waals surface area (Å²) in [6, 6.07) is 15.3. The summed E-state index contributed by atoms with van der Waals surface area (Å²) in [7, 11) is 0. The molecule has 0 saturated carbocycles. The highest BCUT2D eigenvalue weighted by atomic mass is 32.1. The van der Waals surface area contributed by atoms with Crippen LogP contribution in [0.25, 0.3) is 58.3 Å². The van der Waals surface area contributed by atoms with E-state index in [1.54, 1.807) is 0 Å². The van der Waals surface area contributed by atoms with Crippen LogP contribution in [0.2, 0.25) is 0 Å².